The lowest BCUT2D eigenvalue weighted by Gasteiger charge is -2.11. The molecule has 0 aliphatic heterocycles. The summed E-state index contributed by atoms with van der Waals surface area (Å²) in [4.78, 5) is 20.4. The van der Waals surface area contributed by atoms with Gasteiger partial charge in [-0.05, 0) is 37.0 Å². The van der Waals surface area contributed by atoms with E-state index in [9.17, 15) is 4.79 Å². The van der Waals surface area contributed by atoms with Gasteiger partial charge in [0.25, 0.3) is 5.91 Å². The van der Waals surface area contributed by atoms with E-state index in [1.165, 1.54) is 6.20 Å². The van der Waals surface area contributed by atoms with Crippen LogP contribution in [0.1, 0.15) is 36.3 Å². The second-order valence-electron chi connectivity index (χ2n) is 6.05. The quantitative estimate of drug-likeness (QED) is 0.815. The predicted octanol–water partition coefficient (Wildman–Crippen LogP) is 3.31. The van der Waals surface area contributed by atoms with E-state index in [1.54, 1.807) is 13.3 Å². The van der Waals surface area contributed by atoms with Crippen molar-refractivity contribution in [2.45, 2.75) is 27.2 Å². The smallest absolute Gasteiger partial charge is 0.271 e. The number of aryl methyl sites for hydroxylation is 1. The molecule has 2 rings (SSSR count). The molecule has 2 N–H and O–H groups in total. The number of nitrogens with one attached hydrogen (secondary N) is 2. The number of anilines is 2. The number of benzene rings is 1. The summed E-state index contributed by atoms with van der Waals surface area (Å²) in [5.41, 5.74) is 2.22. The molecule has 0 bridgehead atoms. The van der Waals surface area contributed by atoms with Gasteiger partial charge >= 0.3 is 0 Å². The van der Waals surface area contributed by atoms with E-state index in [-0.39, 0.29) is 5.91 Å². The van der Waals surface area contributed by atoms with Crippen molar-refractivity contribution in [3.63, 3.8) is 0 Å². The van der Waals surface area contributed by atoms with Gasteiger partial charge in [-0.1, -0.05) is 19.9 Å². The highest BCUT2D eigenvalue weighted by Crippen LogP contribution is 2.27. The lowest BCUT2D eigenvalue weighted by Crippen LogP contribution is -2.26. The molecule has 0 saturated heterocycles. The predicted molar refractivity (Wildman–Crippen MR) is 94.8 cm³/mol. The number of methoxy groups -OCH3 is 1. The SMILES string of the molecule is COc1ccc(C)cc1Nc1cnc(C(=O)NCCC(C)C)cn1. The zero-order valence-electron chi connectivity index (χ0n) is 14.6. The summed E-state index contributed by atoms with van der Waals surface area (Å²) < 4.78 is 5.32. The van der Waals surface area contributed by atoms with Gasteiger partial charge in [0.15, 0.2) is 0 Å². The van der Waals surface area contributed by atoms with E-state index in [4.69, 9.17) is 4.74 Å². The van der Waals surface area contributed by atoms with Gasteiger partial charge in [0, 0.05) is 6.54 Å². The number of carbonyl (C=O) groups is 1. The zero-order valence-corrected chi connectivity index (χ0v) is 14.6. The Labute approximate surface area is 142 Å². The fraction of sp³-hybridized carbons (Fsp3) is 0.389. The molecular formula is C18H24N4O2. The summed E-state index contributed by atoms with van der Waals surface area (Å²) in [6.45, 7) is 6.87. The minimum Gasteiger partial charge on any atom is -0.495 e. The normalized spacial score (nSPS) is 10.5. The van der Waals surface area contributed by atoms with Gasteiger partial charge in [0.05, 0.1) is 25.2 Å². The molecule has 1 aromatic heterocycles. The Kier molecular flexibility index (Phi) is 6.12. The number of hydrogen-bond acceptors (Lipinski definition) is 5. The second kappa shape index (κ2) is 8.29. The standard InChI is InChI=1S/C18H24N4O2/c1-12(2)7-8-19-18(23)15-10-21-17(11-20-15)22-14-9-13(3)5-6-16(14)24-4/h5-6,9-12H,7-8H2,1-4H3,(H,19,23)(H,21,22). The van der Waals surface area contributed by atoms with Gasteiger partial charge in [-0.25, -0.2) is 9.97 Å². The van der Waals surface area contributed by atoms with Crippen molar-refractivity contribution in [2.75, 3.05) is 19.0 Å². The average Bonchev–Trinajstić information content (AvgIpc) is 2.55. The maximum atomic E-state index is 12.0. The third-order valence-corrected chi connectivity index (χ3v) is 3.51. The third kappa shape index (κ3) is 4.94. The Morgan fingerprint density at radius 3 is 2.67 bits per heavy atom. The second-order valence-corrected chi connectivity index (χ2v) is 6.05. The highest BCUT2D eigenvalue weighted by Gasteiger charge is 2.09. The first kappa shape index (κ1) is 17.7. The summed E-state index contributed by atoms with van der Waals surface area (Å²) in [7, 11) is 1.62. The van der Waals surface area contributed by atoms with Crippen molar-refractivity contribution >= 4 is 17.4 Å². The van der Waals surface area contributed by atoms with Crippen molar-refractivity contribution in [2.24, 2.45) is 5.92 Å². The van der Waals surface area contributed by atoms with Crippen molar-refractivity contribution in [3.8, 4) is 5.75 Å². The van der Waals surface area contributed by atoms with Gasteiger partial charge in [-0.2, -0.15) is 0 Å². The van der Waals surface area contributed by atoms with Gasteiger partial charge in [0.2, 0.25) is 0 Å². The van der Waals surface area contributed by atoms with Crippen molar-refractivity contribution in [3.05, 3.63) is 41.9 Å². The fourth-order valence-corrected chi connectivity index (χ4v) is 2.13. The lowest BCUT2D eigenvalue weighted by atomic mass is 10.1. The number of ether oxygens (including phenoxy) is 1. The van der Waals surface area contributed by atoms with E-state index < -0.39 is 0 Å². The van der Waals surface area contributed by atoms with Crippen LogP contribution in [-0.4, -0.2) is 29.5 Å². The van der Waals surface area contributed by atoms with Gasteiger partial charge < -0.3 is 15.4 Å². The number of nitrogens with zero attached hydrogens (tertiary/aromatic N) is 2. The molecule has 0 radical (unpaired) electrons. The van der Waals surface area contributed by atoms with E-state index >= 15 is 0 Å². The number of carbonyl (C=O) groups excluding carboxylic acids is 1. The van der Waals surface area contributed by atoms with Crippen LogP contribution < -0.4 is 15.4 Å². The molecule has 0 aliphatic carbocycles. The molecule has 0 unspecified atom stereocenters. The average molecular weight is 328 g/mol. The van der Waals surface area contributed by atoms with E-state index in [0.29, 0.717) is 24.0 Å². The number of amides is 1. The summed E-state index contributed by atoms with van der Waals surface area (Å²) in [5, 5.41) is 6.00. The Hall–Kier alpha value is -2.63. The first-order valence-electron chi connectivity index (χ1n) is 8.01. The van der Waals surface area contributed by atoms with Crippen LogP contribution in [0.2, 0.25) is 0 Å². The molecule has 6 heteroatoms. The summed E-state index contributed by atoms with van der Waals surface area (Å²) >= 11 is 0. The highest BCUT2D eigenvalue weighted by atomic mass is 16.5. The molecule has 0 spiro atoms. The van der Waals surface area contributed by atoms with Crippen LogP contribution in [0.5, 0.6) is 5.75 Å². The number of aromatic nitrogens is 2. The van der Waals surface area contributed by atoms with E-state index in [0.717, 1.165) is 23.4 Å². The molecule has 1 aromatic carbocycles. The molecule has 2 aromatic rings. The molecule has 0 saturated carbocycles. The molecule has 128 valence electrons. The Balaban J connectivity index is 2.02. The van der Waals surface area contributed by atoms with Crippen LogP contribution in [0.4, 0.5) is 11.5 Å². The third-order valence-electron chi connectivity index (χ3n) is 3.51. The number of hydrogen-bond donors (Lipinski definition) is 2. The van der Waals surface area contributed by atoms with Gasteiger partial charge in [-0.3, -0.25) is 4.79 Å². The van der Waals surface area contributed by atoms with Crippen molar-refractivity contribution in [1.29, 1.82) is 0 Å². The Bertz CT molecular complexity index is 684. The minimum absolute atomic E-state index is 0.206. The zero-order chi connectivity index (χ0) is 17.5. The van der Waals surface area contributed by atoms with Crippen LogP contribution in [0.25, 0.3) is 0 Å². The van der Waals surface area contributed by atoms with Gasteiger partial charge in [0.1, 0.15) is 17.3 Å². The molecule has 0 atom stereocenters. The van der Waals surface area contributed by atoms with Crippen LogP contribution in [0, 0.1) is 12.8 Å². The Morgan fingerprint density at radius 1 is 1.25 bits per heavy atom. The maximum absolute atomic E-state index is 12.0. The fourth-order valence-electron chi connectivity index (χ4n) is 2.13. The molecule has 0 fully saturated rings. The van der Waals surface area contributed by atoms with Crippen LogP contribution >= 0.6 is 0 Å². The minimum atomic E-state index is -0.206. The lowest BCUT2D eigenvalue weighted by molar-refractivity contribution is 0.0946. The highest BCUT2D eigenvalue weighted by molar-refractivity contribution is 5.92. The van der Waals surface area contributed by atoms with Crippen LogP contribution in [0.3, 0.4) is 0 Å². The molecule has 6 nitrogen and oxygen atoms in total. The molecule has 1 amide bonds. The summed E-state index contributed by atoms with van der Waals surface area (Å²) in [6, 6.07) is 5.83. The molecule has 1 heterocycles. The van der Waals surface area contributed by atoms with Crippen LogP contribution in [0.15, 0.2) is 30.6 Å². The molecular weight excluding hydrogens is 304 g/mol. The topological polar surface area (TPSA) is 76.1 Å². The first-order chi connectivity index (χ1) is 11.5. The first-order valence-corrected chi connectivity index (χ1v) is 8.01. The summed E-state index contributed by atoms with van der Waals surface area (Å²) in [5.74, 6) is 1.62. The van der Waals surface area contributed by atoms with Gasteiger partial charge in [-0.15, -0.1) is 0 Å². The van der Waals surface area contributed by atoms with Crippen LogP contribution in [-0.2, 0) is 0 Å². The molecule has 24 heavy (non-hydrogen) atoms. The monoisotopic (exact) mass is 328 g/mol. The number of rotatable bonds is 7. The van der Waals surface area contributed by atoms with E-state index in [1.807, 2.05) is 25.1 Å². The maximum Gasteiger partial charge on any atom is 0.271 e. The Morgan fingerprint density at radius 2 is 2.04 bits per heavy atom. The van der Waals surface area contributed by atoms with Crippen molar-refractivity contribution in [1.82, 2.24) is 15.3 Å². The largest absolute Gasteiger partial charge is 0.495 e. The summed E-state index contributed by atoms with van der Waals surface area (Å²) in [6.07, 6.45) is 3.94. The van der Waals surface area contributed by atoms with Crippen molar-refractivity contribution < 1.29 is 9.53 Å². The molecule has 0 aliphatic rings. The van der Waals surface area contributed by atoms with E-state index in [2.05, 4.69) is 34.4 Å².